The van der Waals surface area contributed by atoms with E-state index in [2.05, 4.69) is 38.1 Å². The Labute approximate surface area is 232 Å². The fraction of sp³-hybridized carbons (Fsp3) is 0.0333. The van der Waals surface area contributed by atoms with Gasteiger partial charge in [0.15, 0.2) is 0 Å². The normalized spacial score (nSPS) is 11.0. The second-order valence-electron chi connectivity index (χ2n) is 8.26. The first-order valence-corrected chi connectivity index (χ1v) is 12.8. The maximum atomic E-state index is 13.3. The van der Waals surface area contributed by atoms with Crippen LogP contribution in [-0.2, 0) is 0 Å². The molecule has 0 saturated heterocycles. The van der Waals surface area contributed by atoms with Crippen LogP contribution in [0.2, 0.25) is 0 Å². The molecule has 0 atom stereocenters. The number of halogens is 1. The van der Waals surface area contributed by atoms with Crippen molar-refractivity contribution in [2.45, 2.75) is 0 Å². The van der Waals surface area contributed by atoms with Gasteiger partial charge in [0.1, 0.15) is 17.2 Å². The highest BCUT2D eigenvalue weighted by Gasteiger charge is 2.20. The van der Waals surface area contributed by atoms with Crippen LogP contribution in [0.3, 0.4) is 0 Å². The number of para-hydroxylation sites is 2. The molecule has 38 heavy (non-hydrogen) atoms. The Hall–Kier alpha value is -4.44. The molecular weight excluding hydrogens is 593 g/mol. The predicted octanol–water partition coefficient (Wildman–Crippen LogP) is 6.43. The molecule has 0 aliphatic carbocycles. The van der Waals surface area contributed by atoms with Crippen molar-refractivity contribution in [2.75, 3.05) is 7.11 Å². The second-order valence-corrected chi connectivity index (χ2v) is 9.42. The number of carbonyl (C=O) groups is 2. The van der Waals surface area contributed by atoms with Crippen molar-refractivity contribution in [3.05, 3.63) is 117 Å². The quantitative estimate of drug-likeness (QED) is 0.0726. The standard InChI is InChI=1S/C30H22IN3O4/c1-37-22-16-14-20(15-17-22)30(36)38-25-13-6-5-10-21(25)18-32-34-29(35)28-26(19-8-3-2-4-9-19)23-11-7-12-24(31)27(23)33-28/h2-18,33H,1H3,(H,34,35). The van der Waals surface area contributed by atoms with Crippen molar-refractivity contribution in [1.82, 2.24) is 10.4 Å². The third kappa shape index (κ3) is 5.30. The summed E-state index contributed by atoms with van der Waals surface area (Å²) in [4.78, 5) is 29.2. The summed E-state index contributed by atoms with van der Waals surface area (Å²) in [6.07, 6.45) is 1.45. The SMILES string of the molecule is COc1ccc(C(=O)Oc2ccccc2C=NNC(=O)c2[nH]c3c(I)cccc3c2-c2ccccc2)cc1. The minimum absolute atomic E-state index is 0.316. The molecule has 4 aromatic carbocycles. The molecule has 5 aromatic rings. The number of carbonyl (C=O) groups excluding carboxylic acids is 2. The topological polar surface area (TPSA) is 92.8 Å². The number of benzene rings is 4. The van der Waals surface area contributed by atoms with Gasteiger partial charge in [-0.05, 0) is 70.6 Å². The van der Waals surface area contributed by atoms with E-state index < -0.39 is 5.97 Å². The number of hydrogen-bond donors (Lipinski definition) is 2. The zero-order valence-electron chi connectivity index (χ0n) is 20.3. The smallest absolute Gasteiger partial charge is 0.343 e. The number of rotatable bonds is 7. The van der Waals surface area contributed by atoms with E-state index in [4.69, 9.17) is 9.47 Å². The maximum absolute atomic E-state index is 13.3. The molecule has 1 heterocycles. The highest BCUT2D eigenvalue weighted by molar-refractivity contribution is 14.1. The second kappa shape index (κ2) is 11.3. The summed E-state index contributed by atoms with van der Waals surface area (Å²) < 4.78 is 11.7. The number of hydrogen-bond acceptors (Lipinski definition) is 5. The number of esters is 1. The van der Waals surface area contributed by atoms with Crippen LogP contribution < -0.4 is 14.9 Å². The van der Waals surface area contributed by atoms with E-state index in [1.54, 1.807) is 55.6 Å². The molecule has 0 unspecified atom stereocenters. The Morgan fingerprint density at radius 1 is 0.895 bits per heavy atom. The van der Waals surface area contributed by atoms with E-state index in [1.807, 2.05) is 48.5 Å². The zero-order chi connectivity index (χ0) is 26.5. The van der Waals surface area contributed by atoms with Crippen LogP contribution in [0.15, 0.2) is 102 Å². The first-order chi connectivity index (χ1) is 18.5. The molecular formula is C30H22IN3O4. The summed E-state index contributed by atoms with van der Waals surface area (Å²) in [6, 6.07) is 29.3. The van der Waals surface area contributed by atoms with Crippen LogP contribution in [0, 0.1) is 3.57 Å². The van der Waals surface area contributed by atoms with E-state index in [9.17, 15) is 9.59 Å². The van der Waals surface area contributed by atoms with Crippen molar-refractivity contribution in [1.29, 1.82) is 0 Å². The van der Waals surface area contributed by atoms with Gasteiger partial charge in [-0.2, -0.15) is 5.10 Å². The molecule has 0 radical (unpaired) electrons. The molecule has 0 fully saturated rings. The third-order valence-electron chi connectivity index (χ3n) is 5.89. The van der Waals surface area contributed by atoms with E-state index in [0.29, 0.717) is 28.3 Å². The summed E-state index contributed by atoms with van der Waals surface area (Å²) in [5.41, 5.74) is 6.54. The van der Waals surface area contributed by atoms with Gasteiger partial charge in [-0.25, -0.2) is 10.2 Å². The van der Waals surface area contributed by atoms with Crippen LogP contribution in [0.25, 0.3) is 22.0 Å². The van der Waals surface area contributed by atoms with E-state index in [1.165, 1.54) is 6.21 Å². The number of methoxy groups -OCH3 is 1. The monoisotopic (exact) mass is 615 g/mol. The van der Waals surface area contributed by atoms with Crippen LogP contribution >= 0.6 is 22.6 Å². The molecule has 0 bridgehead atoms. The molecule has 0 spiro atoms. The lowest BCUT2D eigenvalue weighted by molar-refractivity contribution is 0.0734. The van der Waals surface area contributed by atoms with Gasteiger partial charge >= 0.3 is 5.97 Å². The number of H-pyrrole nitrogens is 1. The number of nitrogens with zero attached hydrogens (tertiary/aromatic N) is 1. The summed E-state index contributed by atoms with van der Waals surface area (Å²) in [5, 5.41) is 5.11. The molecule has 0 aliphatic heterocycles. The molecule has 0 aliphatic rings. The van der Waals surface area contributed by atoms with Crippen molar-refractivity contribution in [3.63, 3.8) is 0 Å². The Kier molecular flexibility index (Phi) is 7.50. The number of aromatic amines is 1. The molecule has 1 aromatic heterocycles. The highest BCUT2D eigenvalue weighted by atomic mass is 127. The molecule has 2 N–H and O–H groups in total. The van der Waals surface area contributed by atoms with Gasteiger partial charge in [0.2, 0.25) is 0 Å². The van der Waals surface area contributed by atoms with Gasteiger partial charge in [0.05, 0.1) is 24.4 Å². The lowest BCUT2D eigenvalue weighted by atomic mass is 10.0. The molecule has 188 valence electrons. The predicted molar refractivity (Wildman–Crippen MR) is 156 cm³/mol. The summed E-state index contributed by atoms with van der Waals surface area (Å²) in [6.45, 7) is 0. The molecule has 1 amide bonds. The molecule has 0 saturated carbocycles. The number of aromatic nitrogens is 1. The van der Waals surface area contributed by atoms with Gasteiger partial charge in [-0.1, -0.05) is 54.6 Å². The summed E-state index contributed by atoms with van der Waals surface area (Å²) in [7, 11) is 1.56. The fourth-order valence-electron chi connectivity index (χ4n) is 4.04. The Morgan fingerprint density at radius 3 is 2.39 bits per heavy atom. The lowest BCUT2D eigenvalue weighted by Gasteiger charge is -2.08. The van der Waals surface area contributed by atoms with Gasteiger partial charge < -0.3 is 14.5 Å². The van der Waals surface area contributed by atoms with E-state index in [-0.39, 0.29) is 5.91 Å². The van der Waals surface area contributed by atoms with Gasteiger partial charge in [-0.3, -0.25) is 4.79 Å². The number of hydrazone groups is 1. The van der Waals surface area contributed by atoms with Gasteiger partial charge in [0, 0.05) is 20.1 Å². The Bertz CT molecular complexity index is 1640. The van der Waals surface area contributed by atoms with Crippen molar-refractivity contribution >= 4 is 51.6 Å². The minimum atomic E-state index is -0.516. The summed E-state index contributed by atoms with van der Waals surface area (Å²) in [5.74, 6) is 0.0545. The summed E-state index contributed by atoms with van der Waals surface area (Å²) >= 11 is 2.25. The van der Waals surface area contributed by atoms with Crippen LogP contribution in [-0.4, -0.2) is 30.2 Å². The largest absolute Gasteiger partial charge is 0.497 e. The number of nitrogens with one attached hydrogen (secondary N) is 2. The van der Waals surface area contributed by atoms with Crippen molar-refractivity contribution < 1.29 is 19.1 Å². The van der Waals surface area contributed by atoms with Crippen molar-refractivity contribution in [3.8, 4) is 22.6 Å². The number of fused-ring (bicyclic) bond motifs is 1. The molecule has 7 nitrogen and oxygen atoms in total. The first-order valence-electron chi connectivity index (χ1n) is 11.7. The minimum Gasteiger partial charge on any atom is -0.497 e. The van der Waals surface area contributed by atoms with E-state index >= 15 is 0 Å². The van der Waals surface area contributed by atoms with Crippen LogP contribution in [0.1, 0.15) is 26.4 Å². The first kappa shape index (κ1) is 25.2. The van der Waals surface area contributed by atoms with Crippen LogP contribution in [0.4, 0.5) is 0 Å². The number of ether oxygens (including phenoxy) is 2. The highest BCUT2D eigenvalue weighted by Crippen LogP contribution is 2.34. The Morgan fingerprint density at radius 2 is 1.63 bits per heavy atom. The van der Waals surface area contributed by atoms with Gasteiger partial charge in [-0.15, -0.1) is 0 Å². The van der Waals surface area contributed by atoms with E-state index in [0.717, 1.165) is 25.6 Å². The lowest BCUT2D eigenvalue weighted by Crippen LogP contribution is -2.19. The van der Waals surface area contributed by atoms with Gasteiger partial charge in [0.25, 0.3) is 5.91 Å². The molecule has 8 heteroatoms. The average Bonchev–Trinajstić information content (AvgIpc) is 3.35. The molecule has 5 rings (SSSR count). The Balaban J connectivity index is 1.37. The van der Waals surface area contributed by atoms with Crippen molar-refractivity contribution in [2.24, 2.45) is 5.10 Å². The average molecular weight is 615 g/mol. The number of amides is 1. The fourth-order valence-corrected chi connectivity index (χ4v) is 4.67. The maximum Gasteiger partial charge on any atom is 0.343 e. The third-order valence-corrected chi connectivity index (χ3v) is 6.79. The zero-order valence-corrected chi connectivity index (χ0v) is 22.4. The van der Waals surface area contributed by atoms with Crippen LogP contribution in [0.5, 0.6) is 11.5 Å².